The first-order valence-corrected chi connectivity index (χ1v) is 5.52. The minimum Gasteiger partial charge on any atom is -0.493 e. The second-order valence-electron chi connectivity index (χ2n) is 3.89. The molecule has 1 rings (SSSR count). The summed E-state index contributed by atoms with van der Waals surface area (Å²) in [6.07, 6.45) is -3.87. The van der Waals surface area contributed by atoms with Crippen LogP contribution in [0.4, 0.5) is 18.9 Å². The van der Waals surface area contributed by atoms with Crippen LogP contribution < -0.4 is 10.5 Å². The number of hydrogen-bond acceptors (Lipinski definition) is 3. The average Bonchev–Trinajstić information content (AvgIpc) is 2.26. The number of halogens is 3. The Labute approximate surface area is 104 Å². The molecule has 0 unspecified atom stereocenters. The lowest BCUT2D eigenvalue weighted by molar-refractivity contribution is -0.174. The zero-order valence-electron chi connectivity index (χ0n) is 10.1. The van der Waals surface area contributed by atoms with Gasteiger partial charge in [-0.25, -0.2) is 0 Å². The van der Waals surface area contributed by atoms with Gasteiger partial charge in [0.05, 0.1) is 13.2 Å². The molecule has 0 spiro atoms. The van der Waals surface area contributed by atoms with Gasteiger partial charge in [-0.05, 0) is 30.7 Å². The molecule has 0 aromatic heterocycles. The number of benzene rings is 1. The van der Waals surface area contributed by atoms with Gasteiger partial charge in [0.15, 0.2) is 0 Å². The number of nitrogens with two attached hydrogens (primary N) is 1. The van der Waals surface area contributed by atoms with Crippen molar-refractivity contribution in [2.45, 2.75) is 19.5 Å². The fraction of sp³-hybridized carbons (Fsp3) is 0.500. The molecule has 0 bridgehead atoms. The zero-order valence-corrected chi connectivity index (χ0v) is 10.1. The second kappa shape index (κ2) is 6.49. The Morgan fingerprint density at radius 3 is 2.56 bits per heavy atom. The molecule has 0 aliphatic rings. The topological polar surface area (TPSA) is 44.5 Å². The van der Waals surface area contributed by atoms with Crippen molar-refractivity contribution in [2.75, 3.05) is 25.6 Å². The largest absolute Gasteiger partial charge is 0.493 e. The lowest BCUT2D eigenvalue weighted by atomic mass is 10.2. The molecule has 0 atom stereocenters. The van der Waals surface area contributed by atoms with Crippen LogP contribution >= 0.6 is 0 Å². The van der Waals surface area contributed by atoms with Crippen molar-refractivity contribution in [1.29, 1.82) is 0 Å². The summed E-state index contributed by atoms with van der Waals surface area (Å²) < 4.78 is 45.0. The van der Waals surface area contributed by atoms with Gasteiger partial charge in [-0.15, -0.1) is 0 Å². The first kappa shape index (κ1) is 14.6. The monoisotopic (exact) mass is 263 g/mol. The number of hydrogen-bond donors (Lipinski definition) is 1. The van der Waals surface area contributed by atoms with E-state index < -0.39 is 12.8 Å². The minimum absolute atomic E-state index is 0.0213. The molecule has 1 aromatic carbocycles. The van der Waals surface area contributed by atoms with Crippen LogP contribution in [-0.4, -0.2) is 26.0 Å². The molecule has 1 aromatic rings. The summed E-state index contributed by atoms with van der Waals surface area (Å²) in [5, 5.41) is 0. The van der Waals surface area contributed by atoms with Crippen LogP contribution in [0.15, 0.2) is 18.2 Å². The summed E-state index contributed by atoms with van der Waals surface area (Å²) in [4.78, 5) is 0. The Morgan fingerprint density at radius 1 is 1.22 bits per heavy atom. The van der Waals surface area contributed by atoms with Gasteiger partial charge in [0.1, 0.15) is 12.4 Å². The SMILES string of the molecule is Cc1cc(OCCCOCC(F)(F)F)ccc1N. The number of alkyl halides is 3. The van der Waals surface area contributed by atoms with Crippen molar-refractivity contribution in [2.24, 2.45) is 0 Å². The molecule has 0 amide bonds. The van der Waals surface area contributed by atoms with Gasteiger partial charge in [0.2, 0.25) is 0 Å². The smallest absolute Gasteiger partial charge is 0.411 e. The average molecular weight is 263 g/mol. The van der Waals surface area contributed by atoms with Gasteiger partial charge in [-0.1, -0.05) is 0 Å². The Morgan fingerprint density at radius 2 is 1.94 bits per heavy atom. The van der Waals surface area contributed by atoms with Crippen molar-refractivity contribution < 1.29 is 22.6 Å². The summed E-state index contributed by atoms with van der Waals surface area (Å²) in [6.45, 7) is 0.970. The molecule has 0 fully saturated rings. The molecule has 18 heavy (non-hydrogen) atoms. The van der Waals surface area contributed by atoms with Gasteiger partial charge in [0.25, 0.3) is 0 Å². The molecule has 0 saturated carbocycles. The van der Waals surface area contributed by atoms with E-state index in [0.29, 0.717) is 24.5 Å². The van der Waals surface area contributed by atoms with Crippen molar-refractivity contribution in [3.8, 4) is 5.75 Å². The summed E-state index contributed by atoms with van der Waals surface area (Å²) in [5.41, 5.74) is 7.22. The van der Waals surface area contributed by atoms with E-state index in [2.05, 4.69) is 4.74 Å². The van der Waals surface area contributed by atoms with Crippen LogP contribution in [0.3, 0.4) is 0 Å². The van der Waals surface area contributed by atoms with Gasteiger partial charge in [0, 0.05) is 12.1 Å². The van der Waals surface area contributed by atoms with Crippen LogP contribution in [0.5, 0.6) is 5.75 Å². The summed E-state index contributed by atoms with van der Waals surface area (Å²) in [6, 6.07) is 5.23. The molecule has 0 heterocycles. The Hall–Kier alpha value is -1.43. The highest BCUT2D eigenvalue weighted by Crippen LogP contribution is 2.18. The number of aryl methyl sites for hydroxylation is 1. The van der Waals surface area contributed by atoms with Crippen LogP contribution in [0.2, 0.25) is 0 Å². The normalized spacial score (nSPS) is 11.6. The van der Waals surface area contributed by atoms with Crippen LogP contribution in [0, 0.1) is 6.92 Å². The summed E-state index contributed by atoms with van der Waals surface area (Å²) in [5.74, 6) is 0.650. The standard InChI is InChI=1S/C12H16F3NO2/c1-9-7-10(3-4-11(9)16)18-6-2-5-17-8-12(13,14)15/h3-4,7H,2,5-6,8,16H2,1H3. The van der Waals surface area contributed by atoms with Crippen LogP contribution in [0.1, 0.15) is 12.0 Å². The van der Waals surface area contributed by atoms with Crippen molar-refractivity contribution >= 4 is 5.69 Å². The zero-order chi connectivity index (χ0) is 13.6. The summed E-state index contributed by atoms with van der Waals surface area (Å²) in [7, 11) is 0. The lowest BCUT2D eigenvalue weighted by Gasteiger charge is -2.09. The third-order valence-corrected chi connectivity index (χ3v) is 2.21. The maximum Gasteiger partial charge on any atom is 0.411 e. The van der Waals surface area contributed by atoms with E-state index in [4.69, 9.17) is 10.5 Å². The molecule has 0 aliphatic carbocycles. The molecule has 0 saturated heterocycles. The van der Waals surface area contributed by atoms with E-state index in [0.717, 1.165) is 5.56 Å². The quantitative estimate of drug-likeness (QED) is 0.634. The number of ether oxygens (including phenoxy) is 2. The molecule has 3 nitrogen and oxygen atoms in total. The Kier molecular flexibility index (Phi) is 5.27. The number of anilines is 1. The van der Waals surface area contributed by atoms with Crippen molar-refractivity contribution in [1.82, 2.24) is 0 Å². The molecule has 0 radical (unpaired) electrons. The maximum atomic E-state index is 11.7. The Balaban J connectivity index is 2.16. The minimum atomic E-state index is -4.27. The number of nitrogen functional groups attached to an aromatic ring is 1. The third kappa shape index (κ3) is 5.77. The first-order valence-electron chi connectivity index (χ1n) is 5.52. The van der Waals surface area contributed by atoms with Crippen molar-refractivity contribution in [3.05, 3.63) is 23.8 Å². The fourth-order valence-corrected chi connectivity index (χ4v) is 1.28. The molecule has 6 heteroatoms. The Bertz CT molecular complexity index is 380. The van der Waals surface area contributed by atoms with Gasteiger partial charge in [-0.3, -0.25) is 0 Å². The third-order valence-electron chi connectivity index (χ3n) is 2.21. The molecular weight excluding hydrogens is 247 g/mol. The van der Waals surface area contributed by atoms with E-state index in [1.165, 1.54) is 0 Å². The van der Waals surface area contributed by atoms with Gasteiger partial charge in [-0.2, -0.15) is 13.2 Å². The number of rotatable bonds is 6. The van der Waals surface area contributed by atoms with E-state index in [1.54, 1.807) is 18.2 Å². The highest BCUT2D eigenvalue weighted by Gasteiger charge is 2.27. The summed E-state index contributed by atoms with van der Waals surface area (Å²) >= 11 is 0. The molecule has 2 N–H and O–H groups in total. The van der Waals surface area contributed by atoms with E-state index in [-0.39, 0.29) is 6.61 Å². The maximum absolute atomic E-state index is 11.7. The van der Waals surface area contributed by atoms with Gasteiger partial charge < -0.3 is 15.2 Å². The molecule has 0 aliphatic heterocycles. The van der Waals surface area contributed by atoms with Crippen LogP contribution in [0.25, 0.3) is 0 Å². The van der Waals surface area contributed by atoms with E-state index in [1.807, 2.05) is 6.92 Å². The van der Waals surface area contributed by atoms with E-state index in [9.17, 15) is 13.2 Å². The molecular formula is C12H16F3NO2. The second-order valence-corrected chi connectivity index (χ2v) is 3.89. The highest BCUT2D eigenvalue weighted by atomic mass is 19.4. The van der Waals surface area contributed by atoms with Crippen molar-refractivity contribution in [3.63, 3.8) is 0 Å². The van der Waals surface area contributed by atoms with Gasteiger partial charge >= 0.3 is 6.18 Å². The lowest BCUT2D eigenvalue weighted by Crippen LogP contribution is -2.18. The first-order chi connectivity index (χ1) is 8.38. The highest BCUT2D eigenvalue weighted by molar-refractivity contribution is 5.49. The molecule has 102 valence electrons. The predicted octanol–water partition coefficient (Wildman–Crippen LogP) is 2.93. The van der Waals surface area contributed by atoms with Crippen LogP contribution in [-0.2, 0) is 4.74 Å². The van der Waals surface area contributed by atoms with E-state index >= 15 is 0 Å². The fourth-order valence-electron chi connectivity index (χ4n) is 1.28. The predicted molar refractivity (Wildman–Crippen MR) is 62.6 cm³/mol.